The van der Waals surface area contributed by atoms with Crippen LogP contribution in [-0.4, -0.2) is 49.3 Å². The monoisotopic (exact) mass is 210 g/mol. The fourth-order valence-electron chi connectivity index (χ4n) is 3.57. The van der Waals surface area contributed by atoms with Crippen LogP contribution in [-0.2, 0) is 4.74 Å². The highest BCUT2D eigenvalue weighted by Crippen LogP contribution is 2.39. The molecule has 0 aromatic heterocycles. The molecule has 3 rings (SSSR count). The van der Waals surface area contributed by atoms with Crippen molar-refractivity contribution in [2.75, 3.05) is 26.2 Å². The summed E-state index contributed by atoms with van der Waals surface area (Å²) in [6.45, 7) is 6.62. The van der Waals surface area contributed by atoms with E-state index in [4.69, 9.17) is 4.74 Å². The number of morpholine rings is 1. The van der Waals surface area contributed by atoms with Gasteiger partial charge in [0.1, 0.15) is 0 Å². The zero-order valence-electron chi connectivity index (χ0n) is 9.61. The Morgan fingerprint density at radius 2 is 2.33 bits per heavy atom. The molecule has 3 nitrogen and oxygen atoms in total. The Balaban J connectivity index is 1.61. The van der Waals surface area contributed by atoms with E-state index >= 15 is 0 Å². The first-order valence-corrected chi connectivity index (χ1v) is 6.42. The van der Waals surface area contributed by atoms with Gasteiger partial charge in [0.05, 0.1) is 12.7 Å². The van der Waals surface area contributed by atoms with Crippen LogP contribution in [0.15, 0.2) is 0 Å². The predicted molar refractivity (Wildman–Crippen MR) is 59.9 cm³/mol. The van der Waals surface area contributed by atoms with Crippen molar-refractivity contribution in [1.29, 1.82) is 0 Å². The first-order chi connectivity index (χ1) is 7.34. The maximum Gasteiger partial charge on any atom is 0.0852 e. The molecule has 3 aliphatic rings. The number of nitrogens with one attached hydrogen (secondary N) is 1. The molecule has 0 aromatic rings. The Kier molecular flexibility index (Phi) is 2.71. The molecule has 1 N–H and O–H groups in total. The second kappa shape index (κ2) is 4.04. The Morgan fingerprint density at radius 1 is 1.40 bits per heavy atom. The molecule has 0 spiro atoms. The van der Waals surface area contributed by atoms with Crippen LogP contribution in [0.5, 0.6) is 0 Å². The average molecular weight is 210 g/mol. The minimum Gasteiger partial charge on any atom is -0.374 e. The minimum atomic E-state index is 0.415. The van der Waals surface area contributed by atoms with Gasteiger partial charge < -0.3 is 10.1 Å². The number of likely N-dealkylation sites (tertiary alicyclic amines) is 1. The number of fused-ring (bicyclic) bond motifs is 2. The van der Waals surface area contributed by atoms with Crippen LogP contribution in [0.1, 0.15) is 26.2 Å². The number of piperidine rings is 1. The molecular weight excluding hydrogens is 188 g/mol. The summed E-state index contributed by atoms with van der Waals surface area (Å²) in [7, 11) is 0. The molecule has 1 saturated carbocycles. The summed E-state index contributed by atoms with van der Waals surface area (Å²) >= 11 is 0. The normalized spacial score (nSPS) is 43.4. The van der Waals surface area contributed by atoms with Crippen molar-refractivity contribution in [1.82, 2.24) is 10.2 Å². The van der Waals surface area contributed by atoms with E-state index in [0.29, 0.717) is 12.1 Å². The van der Waals surface area contributed by atoms with Crippen molar-refractivity contribution in [2.45, 2.75) is 44.4 Å². The summed E-state index contributed by atoms with van der Waals surface area (Å²) in [5.74, 6) is 0.994. The maximum atomic E-state index is 5.86. The zero-order valence-corrected chi connectivity index (χ0v) is 9.61. The molecule has 3 heteroatoms. The van der Waals surface area contributed by atoms with Crippen molar-refractivity contribution in [3.63, 3.8) is 0 Å². The zero-order chi connectivity index (χ0) is 10.3. The van der Waals surface area contributed by atoms with Crippen LogP contribution >= 0.6 is 0 Å². The largest absolute Gasteiger partial charge is 0.374 e. The van der Waals surface area contributed by atoms with Gasteiger partial charge in [-0.05, 0) is 32.1 Å². The highest BCUT2D eigenvalue weighted by molar-refractivity contribution is 4.96. The Morgan fingerprint density at radius 3 is 2.93 bits per heavy atom. The van der Waals surface area contributed by atoms with Crippen molar-refractivity contribution in [3.8, 4) is 0 Å². The number of hydrogen-bond acceptors (Lipinski definition) is 3. The number of rotatable bonds is 2. The quantitative estimate of drug-likeness (QED) is 0.731. The lowest BCUT2D eigenvalue weighted by Gasteiger charge is -2.38. The van der Waals surface area contributed by atoms with Gasteiger partial charge in [-0.2, -0.15) is 0 Å². The lowest BCUT2D eigenvalue weighted by Crippen LogP contribution is -2.52. The van der Waals surface area contributed by atoms with Crippen molar-refractivity contribution in [2.24, 2.45) is 5.92 Å². The average Bonchev–Trinajstić information content (AvgIpc) is 2.91. The molecule has 2 saturated heterocycles. The molecule has 86 valence electrons. The number of nitrogens with zero attached hydrogens (tertiary/aromatic N) is 1. The third-order valence-electron chi connectivity index (χ3n) is 4.47. The van der Waals surface area contributed by atoms with Gasteiger partial charge >= 0.3 is 0 Å². The molecule has 1 aliphatic carbocycles. The molecular formula is C12H22N2O. The van der Waals surface area contributed by atoms with E-state index in [0.717, 1.165) is 31.7 Å². The molecule has 4 atom stereocenters. The van der Waals surface area contributed by atoms with Gasteiger partial charge in [-0.3, -0.25) is 4.90 Å². The molecule has 2 aliphatic heterocycles. The van der Waals surface area contributed by atoms with E-state index in [1.807, 2.05) is 0 Å². The van der Waals surface area contributed by atoms with Crippen molar-refractivity contribution >= 4 is 0 Å². The van der Waals surface area contributed by atoms with Crippen LogP contribution in [0.4, 0.5) is 0 Å². The second-order valence-electron chi connectivity index (χ2n) is 5.38. The number of hydrogen-bond donors (Lipinski definition) is 1. The predicted octanol–water partition coefficient (Wildman–Crippen LogP) is 0.848. The maximum absolute atomic E-state index is 5.86. The molecule has 2 heterocycles. The first kappa shape index (κ1) is 10.1. The van der Waals surface area contributed by atoms with E-state index in [1.165, 1.54) is 25.8 Å². The van der Waals surface area contributed by atoms with Gasteiger partial charge in [-0.1, -0.05) is 0 Å². The lowest BCUT2D eigenvalue weighted by molar-refractivity contribution is -0.0335. The van der Waals surface area contributed by atoms with Crippen molar-refractivity contribution in [3.05, 3.63) is 0 Å². The highest BCUT2D eigenvalue weighted by atomic mass is 16.5. The van der Waals surface area contributed by atoms with E-state index in [9.17, 15) is 0 Å². The van der Waals surface area contributed by atoms with Gasteiger partial charge in [0.2, 0.25) is 0 Å². The summed E-state index contributed by atoms with van der Waals surface area (Å²) < 4.78 is 5.86. The minimum absolute atomic E-state index is 0.415. The molecule has 4 unspecified atom stereocenters. The molecule has 15 heavy (non-hydrogen) atoms. The van der Waals surface area contributed by atoms with Gasteiger partial charge in [-0.15, -0.1) is 0 Å². The van der Waals surface area contributed by atoms with E-state index < -0.39 is 0 Å². The van der Waals surface area contributed by atoms with Crippen LogP contribution in [0, 0.1) is 5.92 Å². The van der Waals surface area contributed by atoms with Crippen LogP contribution in [0.25, 0.3) is 0 Å². The van der Waals surface area contributed by atoms with Gasteiger partial charge in [0.15, 0.2) is 0 Å². The van der Waals surface area contributed by atoms with Gasteiger partial charge in [-0.25, -0.2) is 0 Å². The fourth-order valence-corrected chi connectivity index (χ4v) is 3.57. The smallest absolute Gasteiger partial charge is 0.0852 e. The fraction of sp³-hybridized carbons (Fsp3) is 1.00. The second-order valence-corrected chi connectivity index (χ2v) is 5.38. The van der Waals surface area contributed by atoms with E-state index in [2.05, 4.69) is 17.1 Å². The summed E-state index contributed by atoms with van der Waals surface area (Å²) in [4.78, 5) is 2.70. The summed E-state index contributed by atoms with van der Waals surface area (Å²) in [6.07, 6.45) is 4.76. The third-order valence-corrected chi connectivity index (χ3v) is 4.47. The van der Waals surface area contributed by atoms with E-state index in [1.54, 1.807) is 0 Å². The van der Waals surface area contributed by atoms with Crippen LogP contribution in [0.3, 0.4) is 0 Å². The molecule has 2 bridgehead atoms. The first-order valence-electron chi connectivity index (χ1n) is 6.42. The van der Waals surface area contributed by atoms with Crippen molar-refractivity contribution < 1.29 is 4.74 Å². The third kappa shape index (κ3) is 1.81. The SMILES string of the molecule is CC(C1CNCCO1)N1CC2CCC1C2. The molecule has 0 radical (unpaired) electrons. The Hall–Kier alpha value is -0.120. The van der Waals surface area contributed by atoms with Crippen LogP contribution < -0.4 is 5.32 Å². The van der Waals surface area contributed by atoms with Gasteiger partial charge in [0, 0.05) is 31.7 Å². The summed E-state index contributed by atoms with van der Waals surface area (Å²) in [5.41, 5.74) is 0. The molecule has 0 amide bonds. The van der Waals surface area contributed by atoms with Gasteiger partial charge in [0.25, 0.3) is 0 Å². The topological polar surface area (TPSA) is 24.5 Å². The summed E-state index contributed by atoms with van der Waals surface area (Å²) in [6, 6.07) is 1.48. The highest BCUT2D eigenvalue weighted by Gasteiger charge is 2.41. The number of ether oxygens (including phenoxy) is 1. The summed E-state index contributed by atoms with van der Waals surface area (Å²) in [5, 5.41) is 3.43. The van der Waals surface area contributed by atoms with E-state index in [-0.39, 0.29) is 0 Å². The lowest BCUT2D eigenvalue weighted by atomic mass is 10.0. The molecule has 3 fully saturated rings. The van der Waals surface area contributed by atoms with Crippen LogP contribution in [0.2, 0.25) is 0 Å². The molecule has 0 aromatic carbocycles. The Bertz CT molecular complexity index is 228. The Labute approximate surface area is 92.2 Å². The standard InChI is InChI=1S/C12H22N2O/c1-9(12-7-13-4-5-15-12)14-8-10-2-3-11(14)6-10/h9-13H,2-8H2,1H3.